The molecule has 1 heterocycles. The zero-order valence-corrected chi connectivity index (χ0v) is 23.8. The Morgan fingerprint density at radius 2 is 1.55 bits per heavy atom. The Morgan fingerprint density at radius 1 is 0.850 bits per heavy atom. The second-order valence-electron chi connectivity index (χ2n) is 10.6. The molecule has 2 aromatic rings. The van der Waals surface area contributed by atoms with Gasteiger partial charge in [-0.2, -0.15) is 0 Å². The molecule has 0 aromatic heterocycles. The van der Waals surface area contributed by atoms with E-state index < -0.39 is 11.9 Å². The number of nitrogens with one attached hydrogen (secondary N) is 1. The highest BCUT2D eigenvalue weighted by Gasteiger charge is 2.43. The molecule has 2 unspecified atom stereocenters. The molecule has 1 saturated carbocycles. The van der Waals surface area contributed by atoms with Crippen molar-refractivity contribution in [3.8, 4) is 23.0 Å². The largest absolute Gasteiger partial charge is 0.497 e. The van der Waals surface area contributed by atoms with Crippen molar-refractivity contribution in [3.63, 3.8) is 0 Å². The van der Waals surface area contributed by atoms with Crippen LogP contribution < -0.4 is 24.3 Å². The molecule has 40 heavy (non-hydrogen) atoms. The van der Waals surface area contributed by atoms with E-state index in [1.165, 1.54) is 0 Å². The van der Waals surface area contributed by atoms with E-state index in [0.29, 0.717) is 58.2 Å². The smallest absolute Gasteiger partial charge is 0.337 e. The normalized spacial score (nSPS) is 21.1. The fraction of sp³-hybridized carbons (Fsp3) is 0.438. The van der Waals surface area contributed by atoms with E-state index in [2.05, 4.69) is 5.32 Å². The Labute approximate surface area is 235 Å². The first-order chi connectivity index (χ1) is 19.4. The standard InChI is InChI=1S/C32H37NO7/c1-18-29(32(35)40-21-8-6-7-9-21)30(23-17-22(36-2)11-13-26(23)37-3)31-24(33-18)14-20(15-25(31)34)19-10-12-27(38-4)28(16-19)39-5/h10-13,16-17,20-21,30,33H,6-9,14-15H2,1-5H3. The van der Waals surface area contributed by atoms with Crippen LogP contribution in [0.5, 0.6) is 23.0 Å². The molecule has 2 atom stereocenters. The second kappa shape index (κ2) is 11.7. The van der Waals surface area contributed by atoms with Crippen LogP contribution in [0.25, 0.3) is 0 Å². The summed E-state index contributed by atoms with van der Waals surface area (Å²) < 4.78 is 28.2. The van der Waals surface area contributed by atoms with Crippen molar-refractivity contribution in [2.24, 2.45) is 0 Å². The molecule has 1 aliphatic heterocycles. The van der Waals surface area contributed by atoms with Crippen LogP contribution in [0.3, 0.4) is 0 Å². The van der Waals surface area contributed by atoms with Gasteiger partial charge in [-0.15, -0.1) is 0 Å². The van der Waals surface area contributed by atoms with Gasteiger partial charge in [0.15, 0.2) is 17.3 Å². The number of carbonyl (C=O) groups is 2. The molecular formula is C32H37NO7. The number of ether oxygens (including phenoxy) is 5. The van der Waals surface area contributed by atoms with Crippen molar-refractivity contribution in [3.05, 3.63) is 70.1 Å². The third kappa shape index (κ3) is 5.15. The fourth-order valence-corrected chi connectivity index (χ4v) is 6.25. The molecule has 2 aliphatic carbocycles. The molecule has 5 rings (SSSR count). The predicted octanol–water partition coefficient (Wildman–Crippen LogP) is 5.57. The molecule has 0 amide bonds. The van der Waals surface area contributed by atoms with Gasteiger partial charge in [-0.1, -0.05) is 6.07 Å². The van der Waals surface area contributed by atoms with Crippen molar-refractivity contribution in [1.29, 1.82) is 0 Å². The molecule has 0 spiro atoms. The maximum Gasteiger partial charge on any atom is 0.337 e. The highest BCUT2D eigenvalue weighted by Crippen LogP contribution is 2.49. The zero-order valence-electron chi connectivity index (χ0n) is 23.8. The highest BCUT2D eigenvalue weighted by atomic mass is 16.5. The minimum absolute atomic E-state index is 0.0259. The number of hydrogen-bond donors (Lipinski definition) is 1. The first-order valence-corrected chi connectivity index (χ1v) is 13.8. The summed E-state index contributed by atoms with van der Waals surface area (Å²) >= 11 is 0. The van der Waals surface area contributed by atoms with Gasteiger partial charge in [0.25, 0.3) is 0 Å². The molecule has 1 N–H and O–H groups in total. The Morgan fingerprint density at radius 3 is 2.23 bits per heavy atom. The van der Waals surface area contributed by atoms with E-state index in [1.54, 1.807) is 28.4 Å². The van der Waals surface area contributed by atoms with Crippen LogP contribution in [0.1, 0.15) is 68.4 Å². The predicted molar refractivity (Wildman–Crippen MR) is 150 cm³/mol. The maximum absolute atomic E-state index is 14.0. The lowest BCUT2D eigenvalue weighted by Gasteiger charge is -2.37. The summed E-state index contributed by atoms with van der Waals surface area (Å²) in [5.41, 5.74) is 4.19. The maximum atomic E-state index is 14.0. The van der Waals surface area contributed by atoms with E-state index in [-0.39, 0.29) is 17.8 Å². The lowest BCUT2D eigenvalue weighted by Crippen LogP contribution is -2.36. The Hall–Kier alpha value is -3.94. The fourth-order valence-electron chi connectivity index (χ4n) is 6.25. The Bertz CT molecular complexity index is 1370. The molecule has 2 aromatic carbocycles. The SMILES string of the molecule is COc1ccc(OC)c(C2C(C(=O)OC3CCCC3)=C(C)NC3=C2C(=O)CC(c2ccc(OC)c(OC)c2)C3)c1. The van der Waals surface area contributed by atoms with Gasteiger partial charge in [0.05, 0.1) is 39.9 Å². The van der Waals surface area contributed by atoms with Gasteiger partial charge < -0.3 is 29.0 Å². The summed E-state index contributed by atoms with van der Waals surface area (Å²) in [6.07, 6.45) is 4.61. The van der Waals surface area contributed by atoms with Crippen molar-refractivity contribution < 1.29 is 33.3 Å². The summed E-state index contributed by atoms with van der Waals surface area (Å²) in [5.74, 6) is 1.32. The summed E-state index contributed by atoms with van der Waals surface area (Å²) in [6, 6.07) is 11.2. The van der Waals surface area contributed by atoms with Crippen molar-refractivity contribution in [2.45, 2.75) is 63.4 Å². The summed E-state index contributed by atoms with van der Waals surface area (Å²) in [4.78, 5) is 27.8. The third-order valence-corrected chi connectivity index (χ3v) is 8.25. The average Bonchev–Trinajstić information content (AvgIpc) is 3.48. The number of ketones is 1. The summed E-state index contributed by atoms with van der Waals surface area (Å²) in [5, 5.41) is 3.43. The number of methoxy groups -OCH3 is 4. The third-order valence-electron chi connectivity index (χ3n) is 8.25. The van der Waals surface area contributed by atoms with E-state index in [9.17, 15) is 9.59 Å². The molecule has 212 valence electrons. The van der Waals surface area contributed by atoms with Crippen molar-refractivity contribution >= 4 is 11.8 Å². The minimum atomic E-state index is -0.644. The minimum Gasteiger partial charge on any atom is -0.497 e. The summed E-state index contributed by atoms with van der Waals surface area (Å²) in [7, 11) is 6.38. The molecule has 1 fully saturated rings. The molecule has 8 nitrogen and oxygen atoms in total. The van der Waals surface area contributed by atoms with E-state index in [0.717, 1.165) is 36.9 Å². The molecular weight excluding hydrogens is 510 g/mol. The van der Waals surface area contributed by atoms with Gasteiger partial charge in [0.2, 0.25) is 0 Å². The van der Waals surface area contributed by atoms with Crippen LogP contribution in [0.4, 0.5) is 0 Å². The van der Waals surface area contributed by atoms with E-state index >= 15 is 0 Å². The number of allylic oxidation sites excluding steroid dienone is 3. The van der Waals surface area contributed by atoms with Gasteiger partial charge >= 0.3 is 5.97 Å². The molecule has 0 radical (unpaired) electrons. The molecule has 0 saturated heterocycles. The number of carbonyl (C=O) groups excluding carboxylic acids is 2. The van der Waals surface area contributed by atoms with Crippen LogP contribution in [0.15, 0.2) is 58.9 Å². The van der Waals surface area contributed by atoms with Gasteiger partial charge in [-0.05, 0) is 80.8 Å². The van der Waals surface area contributed by atoms with Crippen LogP contribution in [-0.4, -0.2) is 46.3 Å². The summed E-state index contributed by atoms with van der Waals surface area (Å²) in [6.45, 7) is 1.87. The van der Waals surface area contributed by atoms with Crippen molar-refractivity contribution in [1.82, 2.24) is 5.32 Å². The molecule has 8 heteroatoms. The van der Waals surface area contributed by atoms with Gasteiger partial charge in [0, 0.05) is 29.0 Å². The second-order valence-corrected chi connectivity index (χ2v) is 10.6. The van der Waals surface area contributed by atoms with Crippen LogP contribution in [0.2, 0.25) is 0 Å². The molecule has 0 bridgehead atoms. The number of benzene rings is 2. The van der Waals surface area contributed by atoms with E-state index in [1.807, 2.05) is 43.3 Å². The van der Waals surface area contributed by atoms with Gasteiger partial charge in [-0.3, -0.25) is 4.79 Å². The quantitative estimate of drug-likeness (QED) is 0.429. The van der Waals surface area contributed by atoms with Crippen LogP contribution >= 0.6 is 0 Å². The Balaban J connectivity index is 1.59. The number of Topliss-reactive ketones (excluding diaryl/α,β-unsaturated/α-hetero) is 1. The zero-order chi connectivity index (χ0) is 28.4. The lowest BCUT2D eigenvalue weighted by molar-refractivity contribution is -0.144. The number of esters is 1. The van der Waals surface area contributed by atoms with Gasteiger partial charge in [-0.25, -0.2) is 4.79 Å². The lowest BCUT2D eigenvalue weighted by atomic mass is 9.71. The number of dihydropyridines is 1. The molecule has 3 aliphatic rings. The number of hydrogen-bond acceptors (Lipinski definition) is 8. The van der Waals surface area contributed by atoms with Gasteiger partial charge in [0.1, 0.15) is 17.6 Å². The monoisotopic (exact) mass is 547 g/mol. The highest BCUT2D eigenvalue weighted by molar-refractivity contribution is 6.04. The Kier molecular flexibility index (Phi) is 8.05. The van der Waals surface area contributed by atoms with E-state index in [4.69, 9.17) is 23.7 Å². The van der Waals surface area contributed by atoms with Crippen LogP contribution in [0, 0.1) is 0 Å². The first-order valence-electron chi connectivity index (χ1n) is 13.8. The number of rotatable bonds is 8. The van der Waals surface area contributed by atoms with Crippen LogP contribution in [-0.2, 0) is 14.3 Å². The van der Waals surface area contributed by atoms with Crippen molar-refractivity contribution in [2.75, 3.05) is 28.4 Å². The topological polar surface area (TPSA) is 92.3 Å². The first kappa shape index (κ1) is 27.6. The average molecular weight is 548 g/mol.